The molecule has 2 aromatic heterocycles. The number of nitrogens with one attached hydrogen (secondary N) is 1. The number of esters is 1. The van der Waals surface area contributed by atoms with Gasteiger partial charge in [0.25, 0.3) is 5.91 Å². The van der Waals surface area contributed by atoms with Crippen molar-refractivity contribution < 1.29 is 14.3 Å². The van der Waals surface area contributed by atoms with E-state index in [0.717, 1.165) is 25.7 Å². The van der Waals surface area contributed by atoms with Crippen LogP contribution in [0.2, 0.25) is 0 Å². The first kappa shape index (κ1) is 18.1. The standard InChI is InChI=1S/C19H24N4O3/c1-2-16-15(12-21-23(16)17-10-6-7-11-20-17)19(25)26-13-18(24)22-14-8-4-3-5-9-14/h6-7,10-12,14H,2-5,8-9,13H2,1H3,(H,22,24). The summed E-state index contributed by atoms with van der Waals surface area (Å²) in [6, 6.07) is 5.70. The molecule has 2 aromatic rings. The lowest BCUT2D eigenvalue weighted by molar-refractivity contribution is -0.125. The number of carbonyl (C=O) groups excluding carboxylic acids is 2. The van der Waals surface area contributed by atoms with Crippen LogP contribution >= 0.6 is 0 Å². The maximum Gasteiger partial charge on any atom is 0.342 e. The molecule has 1 saturated carbocycles. The minimum Gasteiger partial charge on any atom is -0.452 e. The SMILES string of the molecule is CCc1c(C(=O)OCC(=O)NC2CCCCC2)cnn1-c1ccccn1. The van der Waals surface area contributed by atoms with E-state index in [9.17, 15) is 9.59 Å². The van der Waals surface area contributed by atoms with Gasteiger partial charge in [0.1, 0.15) is 5.56 Å². The molecule has 0 unspecified atom stereocenters. The van der Waals surface area contributed by atoms with Crippen LogP contribution in [-0.4, -0.2) is 39.3 Å². The number of aromatic nitrogens is 3. The molecule has 0 atom stereocenters. The fourth-order valence-electron chi connectivity index (χ4n) is 3.29. The highest BCUT2D eigenvalue weighted by Crippen LogP contribution is 2.17. The first-order chi connectivity index (χ1) is 12.7. The summed E-state index contributed by atoms with van der Waals surface area (Å²) in [4.78, 5) is 28.7. The van der Waals surface area contributed by atoms with Gasteiger partial charge in [-0.2, -0.15) is 5.10 Å². The quantitative estimate of drug-likeness (QED) is 0.804. The van der Waals surface area contributed by atoms with Crippen molar-refractivity contribution in [3.63, 3.8) is 0 Å². The number of hydrogen-bond acceptors (Lipinski definition) is 5. The van der Waals surface area contributed by atoms with E-state index in [0.29, 0.717) is 23.5 Å². The zero-order valence-electron chi connectivity index (χ0n) is 15.0. The molecule has 0 bridgehead atoms. The van der Waals surface area contributed by atoms with Gasteiger partial charge in [0.05, 0.1) is 11.9 Å². The average Bonchev–Trinajstić information content (AvgIpc) is 3.12. The Kier molecular flexibility index (Phi) is 5.99. The van der Waals surface area contributed by atoms with Crippen LogP contribution in [0.1, 0.15) is 55.1 Å². The van der Waals surface area contributed by atoms with Crippen molar-refractivity contribution in [3.05, 3.63) is 41.9 Å². The second-order valence-corrected chi connectivity index (χ2v) is 6.44. The fourth-order valence-corrected chi connectivity index (χ4v) is 3.29. The van der Waals surface area contributed by atoms with Gasteiger partial charge in [0, 0.05) is 12.2 Å². The number of rotatable bonds is 6. The largest absolute Gasteiger partial charge is 0.452 e. The predicted octanol–water partition coefficient (Wildman–Crippen LogP) is 2.44. The van der Waals surface area contributed by atoms with Crippen molar-refractivity contribution >= 4 is 11.9 Å². The molecule has 0 saturated heterocycles. The van der Waals surface area contributed by atoms with Crippen LogP contribution in [0.5, 0.6) is 0 Å². The van der Waals surface area contributed by atoms with Gasteiger partial charge in [-0.3, -0.25) is 4.79 Å². The van der Waals surface area contributed by atoms with Gasteiger partial charge in [-0.05, 0) is 31.4 Å². The molecule has 7 nitrogen and oxygen atoms in total. The van der Waals surface area contributed by atoms with E-state index in [4.69, 9.17) is 4.74 Å². The molecule has 1 aliphatic rings. The molecule has 2 heterocycles. The molecule has 1 N–H and O–H groups in total. The van der Waals surface area contributed by atoms with Crippen molar-refractivity contribution in [1.29, 1.82) is 0 Å². The van der Waals surface area contributed by atoms with E-state index < -0.39 is 5.97 Å². The molecule has 3 rings (SSSR count). The van der Waals surface area contributed by atoms with Gasteiger partial charge in [-0.25, -0.2) is 14.5 Å². The first-order valence-electron chi connectivity index (χ1n) is 9.14. The normalized spacial score (nSPS) is 14.8. The average molecular weight is 356 g/mol. The maximum atomic E-state index is 12.4. The van der Waals surface area contributed by atoms with Crippen LogP contribution in [0.4, 0.5) is 0 Å². The van der Waals surface area contributed by atoms with Gasteiger partial charge in [-0.15, -0.1) is 0 Å². The third-order valence-electron chi connectivity index (χ3n) is 4.59. The zero-order chi connectivity index (χ0) is 18.4. The Balaban J connectivity index is 1.61. The van der Waals surface area contributed by atoms with Gasteiger partial charge >= 0.3 is 5.97 Å². The van der Waals surface area contributed by atoms with E-state index in [1.165, 1.54) is 12.6 Å². The number of pyridine rings is 1. The van der Waals surface area contributed by atoms with E-state index >= 15 is 0 Å². The summed E-state index contributed by atoms with van der Waals surface area (Å²) < 4.78 is 6.82. The third kappa shape index (κ3) is 4.28. The molecule has 0 spiro atoms. The van der Waals surface area contributed by atoms with Crippen molar-refractivity contribution in [3.8, 4) is 5.82 Å². The number of amides is 1. The first-order valence-corrected chi connectivity index (χ1v) is 9.14. The lowest BCUT2D eigenvalue weighted by atomic mass is 9.95. The third-order valence-corrected chi connectivity index (χ3v) is 4.59. The van der Waals surface area contributed by atoms with Crippen LogP contribution in [0.15, 0.2) is 30.6 Å². The summed E-state index contributed by atoms with van der Waals surface area (Å²) in [7, 11) is 0. The second-order valence-electron chi connectivity index (χ2n) is 6.44. The summed E-state index contributed by atoms with van der Waals surface area (Å²) >= 11 is 0. The Morgan fingerprint density at radius 1 is 1.27 bits per heavy atom. The van der Waals surface area contributed by atoms with Crippen LogP contribution in [0.3, 0.4) is 0 Å². The maximum absolute atomic E-state index is 12.4. The Labute approximate surface area is 152 Å². The van der Waals surface area contributed by atoms with E-state index in [-0.39, 0.29) is 18.6 Å². The molecule has 26 heavy (non-hydrogen) atoms. The Hall–Kier alpha value is -2.70. The van der Waals surface area contributed by atoms with Crippen LogP contribution < -0.4 is 5.32 Å². The molecule has 0 radical (unpaired) electrons. The van der Waals surface area contributed by atoms with E-state index in [2.05, 4.69) is 15.4 Å². The number of carbonyl (C=O) groups is 2. The summed E-state index contributed by atoms with van der Waals surface area (Å²) in [5.74, 6) is -0.151. The molecule has 1 amide bonds. The smallest absolute Gasteiger partial charge is 0.342 e. The molecular weight excluding hydrogens is 332 g/mol. The number of hydrogen-bond donors (Lipinski definition) is 1. The lowest BCUT2D eigenvalue weighted by Crippen LogP contribution is -2.38. The molecule has 0 aromatic carbocycles. The molecule has 1 aliphatic carbocycles. The summed E-state index contributed by atoms with van der Waals surface area (Å²) in [5, 5.41) is 7.19. The molecule has 7 heteroatoms. The number of ether oxygens (including phenoxy) is 1. The van der Waals surface area contributed by atoms with Crippen molar-refractivity contribution in [2.24, 2.45) is 0 Å². The summed E-state index contributed by atoms with van der Waals surface area (Å²) in [6.07, 6.45) is 9.22. The van der Waals surface area contributed by atoms with Crippen molar-refractivity contribution in [2.75, 3.05) is 6.61 Å². The van der Waals surface area contributed by atoms with Gasteiger partial charge in [0.2, 0.25) is 0 Å². The van der Waals surface area contributed by atoms with Crippen LogP contribution in [-0.2, 0) is 16.0 Å². The minimum absolute atomic E-state index is 0.202. The highest BCUT2D eigenvalue weighted by molar-refractivity contribution is 5.92. The minimum atomic E-state index is -0.539. The highest BCUT2D eigenvalue weighted by atomic mass is 16.5. The molecule has 0 aliphatic heterocycles. The summed E-state index contributed by atoms with van der Waals surface area (Å²) in [6.45, 7) is 1.66. The van der Waals surface area contributed by atoms with Gasteiger partial charge in [-0.1, -0.05) is 32.3 Å². The lowest BCUT2D eigenvalue weighted by Gasteiger charge is -2.22. The monoisotopic (exact) mass is 356 g/mol. The molecule has 138 valence electrons. The highest BCUT2D eigenvalue weighted by Gasteiger charge is 2.21. The number of nitrogens with zero attached hydrogens (tertiary/aromatic N) is 3. The second kappa shape index (κ2) is 8.60. The van der Waals surface area contributed by atoms with Gasteiger partial charge in [0.15, 0.2) is 12.4 Å². The summed E-state index contributed by atoms with van der Waals surface area (Å²) in [5.41, 5.74) is 1.07. The van der Waals surface area contributed by atoms with Crippen molar-refractivity contribution in [1.82, 2.24) is 20.1 Å². The fraction of sp³-hybridized carbons (Fsp3) is 0.474. The van der Waals surface area contributed by atoms with Crippen molar-refractivity contribution in [2.45, 2.75) is 51.5 Å². The van der Waals surface area contributed by atoms with Gasteiger partial charge < -0.3 is 10.1 Å². The van der Waals surface area contributed by atoms with Crippen LogP contribution in [0.25, 0.3) is 5.82 Å². The Morgan fingerprint density at radius 3 is 2.77 bits per heavy atom. The van der Waals surface area contributed by atoms with E-state index in [1.54, 1.807) is 10.9 Å². The molecular formula is C19H24N4O3. The van der Waals surface area contributed by atoms with E-state index in [1.807, 2.05) is 25.1 Å². The topological polar surface area (TPSA) is 86.1 Å². The van der Waals surface area contributed by atoms with Crippen LogP contribution in [0, 0.1) is 0 Å². The zero-order valence-corrected chi connectivity index (χ0v) is 15.0. The predicted molar refractivity (Wildman–Crippen MR) is 96.0 cm³/mol. The molecule has 1 fully saturated rings. The Bertz CT molecular complexity index is 751. The Morgan fingerprint density at radius 2 is 2.08 bits per heavy atom.